The van der Waals surface area contributed by atoms with Gasteiger partial charge in [-0.15, -0.1) is 0 Å². The molecule has 1 amide bonds. The van der Waals surface area contributed by atoms with E-state index in [4.69, 9.17) is 9.47 Å². The maximum absolute atomic E-state index is 12.4. The summed E-state index contributed by atoms with van der Waals surface area (Å²) in [6, 6.07) is 7.62. The molecular formula is C15H15N3O4. The number of benzene rings is 1. The van der Waals surface area contributed by atoms with E-state index in [2.05, 4.69) is 10.5 Å². The Bertz CT molecular complexity index is 669. The fourth-order valence-electron chi connectivity index (χ4n) is 2.23. The number of rotatable bonds is 3. The molecule has 1 aromatic rings. The van der Waals surface area contributed by atoms with Crippen molar-refractivity contribution in [3.05, 3.63) is 35.9 Å². The van der Waals surface area contributed by atoms with Crippen LogP contribution in [0.1, 0.15) is 5.56 Å². The van der Waals surface area contributed by atoms with E-state index in [9.17, 15) is 9.59 Å². The van der Waals surface area contributed by atoms with Crippen molar-refractivity contribution in [2.45, 2.75) is 6.10 Å². The van der Waals surface area contributed by atoms with Crippen LogP contribution in [0.15, 0.2) is 35.4 Å². The van der Waals surface area contributed by atoms with Gasteiger partial charge in [0.2, 0.25) is 0 Å². The highest BCUT2D eigenvalue weighted by Crippen LogP contribution is 2.19. The minimum Gasteiger partial charge on any atom is -0.430 e. The molecule has 0 aliphatic carbocycles. The van der Waals surface area contributed by atoms with Crippen molar-refractivity contribution in [3.8, 4) is 0 Å². The molecule has 2 aliphatic rings. The van der Waals surface area contributed by atoms with E-state index in [0.717, 1.165) is 11.3 Å². The molecule has 22 heavy (non-hydrogen) atoms. The Labute approximate surface area is 127 Å². The molecule has 114 valence electrons. The molecule has 1 atom stereocenters. The lowest BCUT2D eigenvalue weighted by Gasteiger charge is -2.18. The molecule has 1 N–H and O–H groups in total. The lowest BCUT2D eigenvalue weighted by molar-refractivity contribution is -0.123. The average Bonchev–Trinajstić information content (AvgIpc) is 2.81. The van der Waals surface area contributed by atoms with E-state index in [0.29, 0.717) is 0 Å². The summed E-state index contributed by atoms with van der Waals surface area (Å²) in [5, 5.41) is 4.12. The third kappa shape index (κ3) is 2.93. The number of amides is 1. The van der Waals surface area contributed by atoms with Crippen LogP contribution in [-0.4, -0.2) is 49.0 Å². The molecular weight excluding hydrogens is 286 g/mol. The van der Waals surface area contributed by atoms with Crippen LogP contribution in [0.2, 0.25) is 0 Å². The molecule has 1 aromatic carbocycles. The summed E-state index contributed by atoms with van der Waals surface area (Å²) in [4.78, 5) is 24.7. The Hall–Kier alpha value is -2.83. The molecule has 0 spiro atoms. The van der Waals surface area contributed by atoms with Crippen molar-refractivity contribution in [3.63, 3.8) is 0 Å². The highest BCUT2D eigenvalue weighted by Gasteiger charge is 2.28. The zero-order chi connectivity index (χ0) is 15.5. The number of hydrogen-bond donors (Lipinski definition) is 1. The summed E-state index contributed by atoms with van der Waals surface area (Å²) in [7, 11) is 1.63. The molecule has 7 nitrogen and oxygen atoms in total. The van der Waals surface area contributed by atoms with Crippen LogP contribution in [0, 0.1) is 0 Å². The highest BCUT2D eigenvalue weighted by molar-refractivity contribution is 6.44. The van der Waals surface area contributed by atoms with E-state index in [1.165, 1.54) is 4.90 Å². The zero-order valence-electron chi connectivity index (χ0n) is 12.0. The van der Waals surface area contributed by atoms with Gasteiger partial charge >= 0.3 is 6.16 Å². The second-order valence-corrected chi connectivity index (χ2v) is 5.02. The van der Waals surface area contributed by atoms with Crippen molar-refractivity contribution < 1.29 is 19.1 Å². The normalized spacial score (nSPS) is 19.2. The van der Waals surface area contributed by atoms with Crippen molar-refractivity contribution in [1.82, 2.24) is 4.90 Å². The third-order valence-electron chi connectivity index (χ3n) is 3.37. The number of fused-ring (bicyclic) bond motifs is 1. The van der Waals surface area contributed by atoms with Crippen molar-refractivity contribution in [1.29, 1.82) is 0 Å². The standard InChI is InChI=1S/C15H15N3O4/c1-18(8-11-9-21-15(20)22-11)14(19)13-7-6-10-4-2-3-5-12(10)16-17-13/h2-7,11,16H,8-9H2,1H3. The van der Waals surface area contributed by atoms with Gasteiger partial charge in [-0.05, 0) is 17.7 Å². The monoisotopic (exact) mass is 301 g/mol. The summed E-state index contributed by atoms with van der Waals surface area (Å²) < 4.78 is 9.61. The Morgan fingerprint density at radius 1 is 1.41 bits per heavy atom. The molecule has 0 saturated carbocycles. The first-order chi connectivity index (χ1) is 10.6. The molecule has 0 radical (unpaired) electrons. The number of hydrazone groups is 1. The van der Waals surface area contributed by atoms with Crippen molar-refractivity contribution >= 4 is 29.5 Å². The largest absolute Gasteiger partial charge is 0.508 e. The Kier molecular flexibility index (Phi) is 3.78. The molecule has 1 unspecified atom stereocenters. The summed E-state index contributed by atoms with van der Waals surface area (Å²) in [5.41, 5.74) is 4.95. The summed E-state index contributed by atoms with van der Waals surface area (Å²) >= 11 is 0. The van der Waals surface area contributed by atoms with Crippen molar-refractivity contribution in [2.24, 2.45) is 5.10 Å². The van der Waals surface area contributed by atoms with Gasteiger partial charge in [-0.2, -0.15) is 5.10 Å². The molecule has 1 fully saturated rings. The maximum atomic E-state index is 12.4. The van der Waals surface area contributed by atoms with Gasteiger partial charge in [-0.3, -0.25) is 10.2 Å². The van der Waals surface area contributed by atoms with Crippen LogP contribution < -0.4 is 5.43 Å². The van der Waals surface area contributed by atoms with Gasteiger partial charge in [0.05, 0.1) is 12.2 Å². The fourth-order valence-corrected chi connectivity index (χ4v) is 2.23. The number of cyclic esters (lactones) is 2. The van der Waals surface area contributed by atoms with Gasteiger partial charge in [0.1, 0.15) is 12.3 Å². The topological polar surface area (TPSA) is 80.2 Å². The molecule has 2 aliphatic heterocycles. The van der Waals surface area contributed by atoms with Crippen LogP contribution in [-0.2, 0) is 14.3 Å². The molecule has 3 rings (SSSR count). The van der Waals surface area contributed by atoms with Gasteiger partial charge in [0.15, 0.2) is 6.10 Å². The average molecular weight is 301 g/mol. The first kappa shape index (κ1) is 14.1. The predicted octanol–water partition coefficient (Wildman–Crippen LogP) is 1.48. The third-order valence-corrected chi connectivity index (χ3v) is 3.37. The maximum Gasteiger partial charge on any atom is 0.508 e. The number of nitrogens with one attached hydrogen (secondary N) is 1. The van der Waals surface area contributed by atoms with Crippen molar-refractivity contribution in [2.75, 3.05) is 25.6 Å². The van der Waals surface area contributed by atoms with Gasteiger partial charge in [0.25, 0.3) is 5.91 Å². The van der Waals surface area contributed by atoms with Gasteiger partial charge in [0, 0.05) is 7.05 Å². The quantitative estimate of drug-likeness (QED) is 0.855. The zero-order valence-corrected chi connectivity index (χ0v) is 12.0. The Morgan fingerprint density at radius 2 is 2.23 bits per heavy atom. The Balaban J connectivity index is 1.67. The highest BCUT2D eigenvalue weighted by atomic mass is 16.8. The van der Waals surface area contributed by atoms with Crippen LogP contribution in [0.5, 0.6) is 0 Å². The first-order valence-electron chi connectivity index (χ1n) is 6.83. The van der Waals surface area contributed by atoms with E-state index >= 15 is 0 Å². The van der Waals surface area contributed by atoms with Crippen LogP contribution >= 0.6 is 0 Å². The molecule has 2 heterocycles. The summed E-state index contributed by atoms with van der Waals surface area (Å²) in [6.45, 7) is 0.410. The smallest absolute Gasteiger partial charge is 0.430 e. The van der Waals surface area contributed by atoms with Crippen LogP contribution in [0.3, 0.4) is 0 Å². The van der Waals surface area contributed by atoms with Crippen LogP contribution in [0.4, 0.5) is 10.5 Å². The molecule has 7 heteroatoms. The SMILES string of the molecule is CN(CC1COC(=O)O1)C(=O)C1=NNc2ccccc2C=C1. The summed E-state index contributed by atoms with van der Waals surface area (Å²) in [5.74, 6) is -0.264. The number of ether oxygens (including phenoxy) is 2. The predicted molar refractivity (Wildman–Crippen MR) is 80.4 cm³/mol. The van der Waals surface area contributed by atoms with Crippen LogP contribution in [0.25, 0.3) is 6.08 Å². The Morgan fingerprint density at radius 3 is 3.00 bits per heavy atom. The van der Waals surface area contributed by atoms with Gasteiger partial charge < -0.3 is 14.4 Å². The lowest BCUT2D eigenvalue weighted by Crippen LogP contribution is -2.39. The van der Waals surface area contributed by atoms with E-state index < -0.39 is 12.3 Å². The summed E-state index contributed by atoms with van der Waals surface area (Å²) in [6.07, 6.45) is 2.35. The first-order valence-corrected chi connectivity index (χ1v) is 6.83. The van der Waals surface area contributed by atoms with E-state index in [1.54, 1.807) is 13.1 Å². The lowest BCUT2D eigenvalue weighted by atomic mass is 10.1. The van der Waals surface area contributed by atoms with Gasteiger partial charge in [-0.25, -0.2) is 4.79 Å². The second-order valence-electron chi connectivity index (χ2n) is 5.02. The number of hydrogen-bond acceptors (Lipinski definition) is 6. The molecule has 0 aromatic heterocycles. The number of carbonyl (C=O) groups is 2. The second kappa shape index (κ2) is 5.88. The van der Waals surface area contributed by atoms with E-state index in [-0.39, 0.29) is 24.8 Å². The fraction of sp³-hybridized carbons (Fsp3) is 0.267. The number of anilines is 1. The molecule has 0 bridgehead atoms. The number of nitrogens with zero attached hydrogens (tertiary/aromatic N) is 2. The minimum absolute atomic E-state index is 0.155. The van der Waals surface area contributed by atoms with E-state index in [1.807, 2.05) is 30.3 Å². The number of para-hydroxylation sites is 1. The number of carbonyl (C=O) groups excluding carboxylic acids is 2. The minimum atomic E-state index is -0.699. The molecule has 1 saturated heterocycles. The number of likely N-dealkylation sites (N-methyl/N-ethyl adjacent to an activating group) is 1. The van der Waals surface area contributed by atoms with Gasteiger partial charge in [-0.1, -0.05) is 24.3 Å².